The van der Waals surface area contributed by atoms with Crippen LogP contribution in [0, 0.1) is 24.2 Å². The van der Waals surface area contributed by atoms with E-state index in [9.17, 15) is 9.59 Å². The van der Waals surface area contributed by atoms with Gasteiger partial charge in [-0.25, -0.2) is 0 Å². The number of hydrogen-bond donors (Lipinski definition) is 1. The Bertz CT molecular complexity index is 884. The summed E-state index contributed by atoms with van der Waals surface area (Å²) < 4.78 is 5.77. The normalized spacial score (nSPS) is 16.3. The maximum absolute atomic E-state index is 12.3. The molecule has 132 valence electrons. The maximum atomic E-state index is 12.3. The Balaban J connectivity index is 1.66. The van der Waals surface area contributed by atoms with E-state index in [0.717, 1.165) is 5.56 Å². The summed E-state index contributed by atoms with van der Waals surface area (Å²) in [5, 5.41) is 11.7. The summed E-state index contributed by atoms with van der Waals surface area (Å²) in [5.74, 6) is 0.801. The highest BCUT2D eigenvalue weighted by Gasteiger charge is 2.32. The summed E-state index contributed by atoms with van der Waals surface area (Å²) in [6, 6.07) is 14.3. The van der Waals surface area contributed by atoms with Crippen LogP contribution in [0.4, 0.5) is 5.69 Å². The van der Waals surface area contributed by atoms with E-state index in [4.69, 9.17) is 10.00 Å². The van der Waals surface area contributed by atoms with Gasteiger partial charge in [-0.1, -0.05) is 0 Å². The zero-order valence-corrected chi connectivity index (χ0v) is 14.7. The van der Waals surface area contributed by atoms with Crippen LogP contribution in [0.3, 0.4) is 0 Å². The first-order valence-corrected chi connectivity index (χ1v) is 8.30. The molecular formula is C20H19N3O3. The molecule has 1 atom stereocenters. The van der Waals surface area contributed by atoms with Crippen LogP contribution in [0.5, 0.6) is 11.5 Å². The predicted octanol–water partition coefficient (Wildman–Crippen LogP) is 3.08. The van der Waals surface area contributed by atoms with Crippen molar-refractivity contribution in [1.29, 1.82) is 5.26 Å². The second-order valence-corrected chi connectivity index (χ2v) is 6.38. The van der Waals surface area contributed by atoms with Crippen molar-refractivity contribution in [3.8, 4) is 17.6 Å². The Morgan fingerprint density at radius 1 is 1.23 bits per heavy atom. The molecular weight excluding hydrogens is 330 g/mol. The van der Waals surface area contributed by atoms with Crippen LogP contribution >= 0.6 is 0 Å². The van der Waals surface area contributed by atoms with Crippen LogP contribution in [-0.4, -0.2) is 30.3 Å². The number of anilines is 1. The predicted molar refractivity (Wildman–Crippen MR) is 96.8 cm³/mol. The quantitative estimate of drug-likeness (QED) is 0.919. The summed E-state index contributed by atoms with van der Waals surface area (Å²) in [6.07, 6.45) is 0.251. The van der Waals surface area contributed by atoms with Crippen LogP contribution in [0.25, 0.3) is 0 Å². The van der Waals surface area contributed by atoms with Crippen molar-refractivity contribution in [2.75, 3.05) is 18.9 Å². The lowest BCUT2D eigenvalue weighted by Gasteiger charge is -2.14. The van der Waals surface area contributed by atoms with E-state index in [-0.39, 0.29) is 24.2 Å². The molecule has 0 aromatic heterocycles. The van der Waals surface area contributed by atoms with Gasteiger partial charge in [-0.05, 0) is 55.0 Å². The standard InChI is InChI=1S/C20H19N3O3/c1-13-9-17(26-16-5-3-14(11-21)4-6-16)7-8-18(13)22-20(25)15-10-19(24)23(2)12-15/h3-9,15H,10,12H2,1-2H3,(H,22,25)/t15-/m1/s1. The molecule has 0 radical (unpaired) electrons. The monoisotopic (exact) mass is 349 g/mol. The van der Waals surface area contributed by atoms with E-state index in [0.29, 0.717) is 29.3 Å². The Morgan fingerprint density at radius 2 is 1.92 bits per heavy atom. The Kier molecular flexibility index (Phi) is 4.90. The van der Waals surface area contributed by atoms with E-state index in [1.54, 1.807) is 48.3 Å². The molecule has 3 rings (SSSR count). The molecule has 1 aliphatic rings. The minimum Gasteiger partial charge on any atom is -0.457 e. The number of ether oxygens (including phenoxy) is 1. The van der Waals surface area contributed by atoms with Gasteiger partial charge in [0.15, 0.2) is 0 Å². The minimum absolute atomic E-state index is 0.00645. The molecule has 0 bridgehead atoms. The lowest BCUT2D eigenvalue weighted by molar-refractivity contribution is -0.127. The zero-order chi connectivity index (χ0) is 18.7. The van der Waals surface area contributed by atoms with Crippen LogP contribution in [0.15, 0.2) is 42.5 Å². The first-order valence-electron chi connectivity index (χ1n) is 8.30. The summed E-state index contributed by atoms with van der Waals surface area (Å²) >= 11 is 0. The molecule has 26 heavy (non-hydrogen) atoms. The van der Waals surface area contributed by atoms with Crippen molar-refractivity contribution in [3.63, 3.8) is 0 Å². The molecule has 2 aromatic carbocycles. The smallest absolute Gasteiger partial charge is 0.229 e. The van der Waals surface area contributed by atoms with Gasteiger partial charge >= 0.3 is 0 Å². The fourth-order valence-electron chi connectivity index (χ4n) is 2.85. The molecule has 0 unspecified atom stereocenters. The average molecular weight is 349 g/mol. The van der Waals surface area contributed by atoms with Gasteiger partial charge in [0.1, 0.15) is 11.5 Å². The average Bonchev–Trinajstić information content (AvgIpc) is 2.97. The molecule has 2 aromatic rings. The van der Waals surface area contributed by atoms with E-state index >= 15 is 0 Å². The van der Waals surface area contributed by atoms with Crippen molar-refractivity contribution in [2.24, 2.45) is 5.92 Å². The fourth-order valence-corrected chi connectivity index (χ4v) is 2.85. The highest BCUT2D eigenvalue weighted by molar-refractivity contribution is 5.97. The molecule has 6 nitrogen and oxygen atoms in total. The van der Waals surface area contributed by atoms with Crippen molar-refractivity contribution >= 4 is 17.5 Å². The van der Waals surface area contributed by atoms with Crippen molar-refractivity contribution < 1.29 is 14.3 Å². The molecule has 1 heterocycles. The summed E-state index contributed by atoms with van der Waals surface area (Å²) in [7, 11) is 1.70. The van der Waals surface area contributed by atoms with E-state index in [2.05, 4.69) is 11.4 Å². The lowest BCUT2D eigenvalue weighted by Crippen LogP contribution is -2.26. The molecule has 6 heteroatoms. The fraction of sp³-hybridized carbons (Fsp3) is 0.250. The van der Waals surface area contributed by atoms with Gasteiger partial charge in [0, 0.05) is 25.7 Å². The topological polar surface area (TPSA) is 82.4 Å². The number of carbonyl (C=O) groups excluding carboxylic acids is 2. The van der Waals surface area contributed by atoms with Gasteiger partial charge in [-0.15, -0.1) is 0 Å². The number of likely N-dealkylation sites (tertiary alicyclic amines) is 1. The number of nitriles is 1. The van der Waals surface area contributed by atoms with Crippen molar-refractivity contribution in [3.05, 3.63) is 53.6 Å². The number of nitrogens with one attached hydrogen (secondary N) is 1. The van der Waals surface area contributed by atoms with Gasteiger partial charge in [0.05, 0.1) is 17.6 Å². The maximum Gasteiger partial charge on any atom is 0.229 e. The summed E-state index contributed by atoms with van der Waals surface area (Å²) in [5.41, 5.74) is 2.13. The highest BCUT2D eigenvalue weighted by Crippen LogP contribution is 2.27. The highest BCUT2D eigenvalue weighted by atomic mass is 16.5. The van der Waals surface area contributed by atoms with Crippen LogP contribution in [0.2, 0.25) is 0 Å². The first kappa shape index (κ1) is 17.5. The SMILES string of the molecule is Cc1cc(Oc2ccc(C#N)cc2)ccc1NC(=O)[C@@H]1CC(=O)N(C)C1. The third-order valence-electron chi connectivity index (χ3n) is 4.39. The zero-order valence-electron chi connectivity index (χ0n) is 14.7. The summed E-state index contributed by atoms with van der Waals surface area (Å²) in [4.78, 5) is 25.5. The number of benzene rings is 2. The number of rotatable bonds is 4. The number of carbonyl (C=O) groups is 2. The molecule has 0 saturated carbocycles. The molecule has 1 saturated heterocycles. The lowest BCUT2D eigenvalue weighted by atomic mass is 10.1. The number of aryl methyl sites for hydroxylation is 1. The van der Waals surface area contributed by atoms with Gasteiger partial charge in [0.25, 0.3) is 0 Å². The van der Waals surface area contributed by atoms with Gasteiger partial charge in [0.2, 0.25) is 11.8 Å². The molecule has 2 amide bonds. The van der Waals surface area contributed by atoms with Crippen LogP contribution < -0.4 is 10.1 Å². The van der Waals surface area contributed by atoms with Gasteiger partial charge < -0.3 is 15.0 Å². The summed E-state index contributed by atoms with van der Waals surface area (Å²) in [6.45, 7) is 2.33. The van der Waals surface area contributed by atoms with E-state index in [1.807, 2.05) is 13.0 Å². The Morgan fingerprint density at radius 3 is 2.50 bits per heavy atom. The first-order chi connectivity index (χ1) is 12.5. The molecule has 1 fully saturated rings. The van der Waals surface area contributed by atoms with Gasteiger partial charge in [-0.3, -0.25) is 9.59 Å². The third-order valence-corrected chi connectivity index (χ3v) is 4.39. The van der Waals surface area contributed by atoms with Crippen LogP contribution in [-0.2, 0) is 9.59 Å². The van der Waals surface area contributed by atoms with Crippen molar-refractivity contribution in [1.82, 2.24) is 4.90 Å². The largest absolute Gasteiger partial charge is 0.457 e. The number of amides is 2. The third kappa shape index (κ3) is 3.83. The molecule has 0 spiro atoms. The van der Waals surface area contributed by atoms with Gasteiger partial charge in [-0.2, -0.15) is 5.26 Å². The second kappa shape index (κ2) is 7.28. The van der Waals surface area contributed by atoms with E-state index in [1.165, 1.54) is 0 Å². The second-order valence-electron chi connectivity index (χ2n) is 6.38. The molecule has 1 aliphatic heterocycles. The minimum atomic E-state index is -0.318. The van der Waals surface area contributed by atoms with Crippen LogP contribution in [0.1, 0.15) is 17.5 Å². The molecule has 1 N–H and O–H groups in total. The van der Waals surface area contributed by atoms with E-state index < -0.39 is 0 Å². The molecule has 0 aliphatic carbocycles. The Labute approximate surface area is 152 Å². The Hall–Kier alpha value is -3.33. The van der Waals surface area contributed by atoms with Crippen molar-refractivity contribution in [2.45, 2.75) is 13.3 Å². The number of nitrogens with zero attached hydrogens (tertiary/aromatic N) is 2. The number of hydrogen-bond acceptors (Lipinski definition) is 4.